The molecule has 0 aliphatic rings. The van der Waals surface area contributed by atoms with Crippen LogP contribution in [0.5, 0.6) is 5.75 Å². The Kier molecular flexibility index (Phi) is 11.2. The number of amides is 1. The van der Waals surface area contributed by atoms with Crippen LogP contribution >= 0.6 is 23.2 Å². The van der Waals surface area contributed by atoms with E-state index < -0.39 is 12.0 Å². The highest BCUT2D eigenvalue weighted by molar-refractivity contribution is 6.36. The highest BCUT2D eigenvalue weighted by Gasteiger charge is 2.24. The van der Waals surface area contributed by atoms with Crippen LogP contribution in [0.15, 0.2) is 115 Å². The number of carboxylic acids is 1. The number of imidazole rings is 1. The number of carbonyl (C=O) groups is 2. The van der Waals surface area contributed by atoms with E-state index in [1.807, 2.05) is 66.9 Å². The first-order chi connectivity index (χ1) is 24.3. The molecule has 254 valence electrons. The molecule has 0 saturated heterocycles. The summed E-state index contributed by atoms with van der Waals surface area (Å²) < 4.78 is 8.11. The fourth-order valence-corrected chi connectivity index (χ4v) is 6.49. The summed E-state index contributed by atoms with van der Waals surface area (Å²) >= 11 is 12.8. The standard InChI is InChI=1S/C41H37Cl2N3O4/c1-2-3-21-46-25-38(35-20-17-32(42)24-36(35)43)45-40(46)37(44-39(47)23-31-9-6-8-29-7-4-5-10-34(29)31)22-27-13-18-33(19-14-27)50-26-28-11-15-30(16-12-28)41(48)49/h4-20,24-25,37H,2-3,21-23,26H2,1H3,(H,44,47)(H,48,49)/t37-/m0/s1. The summed E-state index contributed by atoms with van der Waals surface area (Å²) in [6.07, 6.45) is 4.67. The van der Waals surface area contributed by atoms with Crippen molar-refractivity contribution in [1.82, 2.24) is 14.9 Å². The van der Waals surface area contributed by atoms with Crippen molar-refractivity contribution >= 4 is 45.9 Å². The van der Waals surface area contributed by atoms with Gasteiger partial charge in [-0.1, -0.05) is 103 Å². The van der Waals surface area contributed by atoms with Gasteiger partial charge in [-0.2, -0.15) is 0 Å². The second kappa shape index (κ2) is 16.1. The molecule has 0 fully saturated rings. The van der Waals surface area contributed by atoms with Gasteiger partial charge in [-0.25, -0.2) is 9.78 Å². The number of halogens is 2. The average Bonchev–Trinajstić information content (AvgIpc) is 3.54. The van der Waals surface area contributed by atoms with Crippen molar-refractivity contribution in [1.29, 1.82) is 0 Å². The number of benzene rings is 5. The minimum atomic E-state index is -0.964. The number of hydrogen-bond donors (Lipinski definition) is 2. The van der Waals surface area contributed by atoms with Gasteiger partial charge in [0.05, 0.1) is 28.7 Å². The fraction of sp³-hybridized carbons (Fsp3) is 0.195. The summed E-state index contributed by atoms with van der Waals surface area (Å²) in [6.45, 7) is 3.18. The molecule has 1 amide bonds. The van der Waals surface area contributed by atoms with Crippen LogP contribution in [-0.2, 0) is 30.8 Å². The number of aromatic nitrogens is 2. The summed E-state index contributed by atoms with van der Waals surface area (Å²) in [5.74, 6) is 0.359. The zero-order valence-electron chi connectivity index (χ0n) is 27.6. The highest BCUT2D eigenvalue weighted by Crippen LogP contribution is 2.32. The molecular weight excluding hydrogens is 669 g/mol. The normalized spacial score (nSPS) is 11.7. The molecule has 0 radical (unpaired) electrons. The van der Waals surface area contributed by atoms with Gasteiger partial charge in [0.1, 0.15) is 18.2 Å². The van der Waals surface area contributed by atoms with Crippen LogP contribution in [0, 0.1) is 0 Å². The van der Waals surface area contributed by atoms with Gasteiger partial charge < -0.3 is 19.7 Å². The average molecular weight is 707 g/mol. The monoisotopic (exact) mass is 705 g/mol. The van der Waals surface area contributed by atoms with Crippen molar-refractivity contribution in [3.63, 3.8) is 0 Å². The van der Waals surface area contributed by atoms with Crippen molar-refractivity contribution in [3.05, 3.63) is 154 Å². The Labute approximate surface area is 301 Å². The Morgan fingerprint density at radius 2 is 1.64 bits per heavy atom. The van der Waals surface area contributed by atoms with E-state index in [1.54, 1.807) is 36.4 Å². The Bertz CT molecular complexity index is 2100. The zero-order chi connectivity index (χ0) is 35.0. The second-order valence-electron chi connectivity index (χ2n) is 12.2. The van der Waals surface area contributed by atoms with E-state index in [0.717, 1.165) is 58.2 Å². The second-order valence-corrected chi connectivity index (χ2v) is 13.1. The lowest BCUT2D eigenvalue weighted by atomic mass is 10.0. The first-order valence-electron chi connectivity index (χ1n) is 16.6. The van der Waals surface area contributed by atoms with E-state index in [9.17, 15) is 9.59 Å². The van der Waals surface area contributed by atoms with E-state index in [0.29, 0.717) is 34.5 Å². The molecule has 6 aromatic rings. The van der Waals surface area contributed by atoms with Crippen LogP contribution in [-0.4, -0.2) is 26.5 Å². The van der Waals surface area contributed by atoms with Crippen LogP contribution < -0.4 is 10.1 Å². The van der Waals surface area contributed by atoms with Gasteiger partial charge in [0.15, 0.2) is 0 Å². The van der Waals surface area contributed by atoms with Crippen molar-refractivity contribution in [2.75, 3.05) is 0 Å². The van der Waals surface area contributed by atoms with Gasteiger partial charge in [-0.15, -0.1) is 0 Å². The number of hydrogen-bond acceptors (Lipinski definition) is 4. The van der Waals surface area contributed by atoms with Gasteiger partial charge in [-0.05, 0) is 82.8 Å². The van der Waals surface area contributed by atoms with Crippen LogP contribution in [0.25, 0.3) is 22.0 Å². The molecule has 0 aliphatic carbocycles. The molecule has 6 rings (SSSR count). The molecule has 50 heavy (non-hydrogen) atoms. The number of aromatic carboxylic acids is 1. The quantitative estimate of drug-likeness (QED) is 0.118. The predicted octanol–water partition coefficient (Wildman–Crippen LogP) is 9.73. The van der Waals surface area contributed by atoms with Gasteiger partial charge in [-0.3, -0.25) is 4.79 Å². The third-order valence-corrected chi connectivity index (χ3v) is 9.16. The maximum absolute atomic E-state index is 13.8. The van der Waals surface area contributed by atoms with Crippen LogP contribution in [0.4, 0.5) is 0 Å². The minimum absolute atomic E-state index is 0.101. The lowest BCUT2D eigenvalue weighted by Gasteiger charge is -2.21. The van der Waals surface area contributed by atoms with Gasteiger partial charge in [0, 0.05) is 23.3 Å². The van der Waals surface area contributed by atoms with E-state index in [2.05, 4.69) is 28.9 Å². The number of nitrogens with zero attached hydrogens (tertiary/aromatic N) is 2. The van der Waals surface area contributed by atoms with Crippen LogP contribution in [0.1, 0.15) is 58.7 Å². The first-order valence-corrected chi connectivity index (χ1v) is 17.4. The smallest absolute Gasteiger partial charge is 0.335 e. The highest BCUT2D eigenvalue weighted by atomic mass is 35.5. The first kappa shape index (κ1) is 34.7. The van der Waals surface area contributed by atoms with Crippen molar-refractivity contribution in [3.8, 4) is 17.0 Å². The van der Waals surface area contributed by atoms with Crippen LogP contribution in [0.2, 0.25) is 10.0 Å². The number of carboxylic acid groups (broad SMARTS) is 1. The topological polar surface area (TPSA) is 93.5 Å². The third kappa shape index (κ3) is 8.54. The lowest BCUT2D eigenvalue weighted by Crippen LogP contribution is -2.33. The number of fused-ring (bicyclic) bond motifs is 1. The van der Waals surface area contributed by atoms with E-state index in [-0.39, 0.29) is 17.9 Å². The maximum Gasteiger partial charge on any atom is 0.335 e. The van der Waals surface area contributed by atoms with Crippen LogP contribution in [0.3, 0.4) is 0 Å². The molecule has 0 saturated carbocycles. The number of nitrogens with one attached hydrogen (secondary N) is 1. The Balaban J connectivity index is 1.27. The number of aryl methyl sites for hydroxylation is 1. The molecule has 5 aromatic carbocycles. The molecule has 0 aliphatic heterocycles. The third-order valence-electron chi connectivity index (χ3n) is 8.61. The number of ether oxygens (including phenoxy) is 1. The lowest BCUT2D eigenvalue weighted by molar-refractivity contribution is -0.121. The number of unbranched alkanes of at least 4 members (excludes halogenated alkanes) is 1. The van der Waals surface area contributed by atoms with Crippen molar-refractivity contribution in [2.24, 2.45) is 0 Å². The Morgan fingerprint density at radius 1 is 0.900 bits per heavy atom. The molecule has 7 nitrogen and oxygen atoms in total. The minimum Gasteiger partial charge on any atom is -0.489 e. The van der Waals surface area contributed by atoms with Crippen molar-refractivity contribution < 1.29 is 19.4 Å². The molecule has 0 bridgehead atoms. The van der Waals surface area contributed by atoms with E-state index in [1.165, 1.54) is 0 Å². The summed E-state index contributed by atoms with van der Waals surface area (Å²) in [6, 6.07) is 33.5. The van der Waals surface area contributed by atoms with Crippen molar-refractivity contribution in [2.45, 2.75) is 51.8 Å². The molecule has 1 atom stereocenters. The number of carbonyl (C=O) groups excluding carboxylic acids is 1. The largest absolute Gasteiger partial charge is 0.489 e. The number of rotatable bonds is 14. The molecule has 0 spiro atoms. The predicted molar refractivity (Wildman–Crippen MR) is 199 cm³/mol. The van der Waals surface area contributed by atoms with Gasteiger partial charge >= 0.3 is 5.97 Å². The zero-order valence-corrected chi connectivity index (χ0v) is 29.1. The maximum atomic E-state index is 13.8. The van der Waals surface area contributed by atoms with Gasteiger partial charge in [0.2, 0.25) is 5.91 Å². The Morgan fingerprint density at radius 3 is 2.38 bits per heavy atom. The summed E-state index contributed by atoms with van der Waals surface area (Å²) in [7, 11) is 0. The van der Waals surface area contributed by atoms with E-state index >= 15 is 0 Å². The Hall–Kier alpha value is -5.11. The SMILES string of the molecule is CCCCn1cc(-c2ccc(Cl)cc2Cl)nc1[C@H](Cc1ccc(OCc2ccc(C(=O)O)cc2)cc1)NC(=O)Cc1cccc2ccccc12. The fourth-order valence-electron chi connectivity index (χ4n) is 5.98. The molecule has 1 aromatic heterocycles. The summed E-state index contributed by atoms with van der Waals surface area (Å²) in [5, 5.41) is 15.7. The van der Waals surface area contributed by atoms with E-state index in [4.69, 9.17) is 38.0 Å². The molecular formula is C41H37Cl2N3O4. The summed E-state index contributed by atoms with van der Waals surface area (Å²) in [4.78, 5) is 30.1. The molecule has 2 N–H and O–H groups in total. The van der Waals surface area contributed by atoms with Gasteiger partial charge in [0.25, 0.3) is 0 Å². The molecule has 9 heteroatoms. The molecule has 1 heterocycles. The summed E-state index contributed by atoms with van der Waals surface area (Å²) in [5.41, 5.74) is 4.54. The molecule has 0 unspecified atom stereocenters.